The third-order valence-electron chi connectivity index (χ3n) is 3.74. The molecule has 9 nitrogen and oxygen atoms in total. The number of hydrogen-bond acceptors (Lipinski definition) is 6. The average molecular weight is 296 g/mol. The number of aryl methyl sites for hydroxylation is 1. The number of nitrogens with zero attached hydrogens (tertiary/aromatic N) is 4. The van der Waals surface area contributed by atoms with Gasteiger partial charge in [-0.3, -0.25) is 9.69 Å². The molecule has 1 aliphatic heterocycles. The number of nitrogens with one attached hydrogen (secondary N) is 2. The summed E-state index contributed by atoms with van der Waals surface area (Å²) in [6, 6.07) is -0.244. The van der Waals surface area contributed by atoms with E-state index < -0.39 is 4.92 Å². The van der Waals surface area contributed by atoms with Gasteiger partial charge in [0.25, 0.3) is 0 Å². The highest BCUT2D eigenvalue weighted by Crippen LogP contribution is 2.14. The maximum absolute atomic E-state index is 11.9. The topological polar surface area (TPSA) is 105 Å². The second-order valence-corrected chi connectivity index (χ2v) is 4.94. The first-order chi connectivity index (χ1) is 10.0. The number of likely N-dealkylation sites (N-methyl/N-ethyl adjacent to an activating group) is 1. The van der Waals surface area contributed by atoms with Crippen molar-refractivity contribution in [1.82, 2.24) is 25.1 Å². The molecule has 116 valence electrons. The van der Waals surface area contributed by atoms with Gasteiger partial charge >= 0.3 is 5.82 Å². The first-order valence-corrected chi connectivity index (χ1v) is 6.87. The van der Waals surface area contributed by atoms with Crippen molar-refractivity contribution < 1.29 is 9.72 Å². The van der Waals surface area contributed by atoms with E-state index in [1.165, 1.54) is 6.20 Å². The van der Waals surface area contributed by atoms with Gasteiger partial charge in [0.1, 0.15) is 18.8 Å². The van der Waals surface area contributed by atoms with Gasteiger partial charge < -0.3 is 20.7 Å². The normalized spacial score (nSPS) is 19.4. The van der Waals surface area contributed by atoms with Crippen LogP contribution in [0.2, 0.25) is 0 Å². The SMILES string of the molecule is CNC(=O)C1CNCCN1CCn1c([N+](=O)[O-])cnc1C. The van der Waals surface area contributed by atoms with E-state index in [0.717, 1.165) is 13.1 Å². The van der Waals surface area contributed by atoms with Crippen molar-refractivity contribution in [2.24, 2.45) is 0 Å². The molecule has 0 bridgehead atoms. The summed E-state index contributed by atoms with van der Waals surface area (Å²) >= 11 is 0. The Bertz CT molecular complexity index is 529. The molecule has 2 rings (SSSR count). The molecule has 9 heteroatoms. The van der Waals surface area contributed by atoms with Gasteiger partial charge in [-0.05, 0) is 4.92 Å². The molecule has 0 radical (unpaired) electrons. The molecular weight excluding hydrogens is 276 g/mol. The Morgan fingerprint density at radius 2 is 2.38 bits per heavy atom. The van der Waals surface area contributed by atoms with Crippen molar-refractivity contribution in [3.8, 4) is 0 Å². The highest BCUT2D eigenvalue weighted by Gasteiger charge is 2.28. The first kappa shape index (κ1) is 15.4. The molecule has 1 saturated heterocycles. The van der Waals surface area contributed by atoms with Crippen LogP contribution in [0.15, 0.2) is 6.20 Å². The zero-order chi connectivity index (χ0) is 15.4. The van der Waals surface area contributed by atoms with Gasteiger partial charge in [-0.25, -0.2) is 9.55 Å². The molecule has 0 aromatic carbocycles. The number of aromatic nitrogens is 2. The van der Waals surface area contributed by atoms with Crippen molar-refractivity contribution in [1.29, 1.82) is 0 Å². The van der Waals surface area contributed by atoms with Crippen LogP contribution in [-0.4, -0.2) is 64.6 Å². The Morgan fingerprint density at radius 3 is 3.05 bits per heavy atom. The number of carbonyl (C=O) groups is 1. The van der Waals surface area contributed by atoms with Crippen LogP contribution in [0.1, 0.15) is 5.82 Å². The molecule has 1 aromatic heterocycles. The lowest BCUT2D eigenvalue weighted by molar-refractivity contribution is -0.392. The van der Waals surface area contributed by atoms with Gasteiger partial charge in [-0.15, -0.1) is 0 Å². The van der Waals surface area contributed by atoms with E-state index in [4.69, 9.17) is 0 Å². The first-order valence-electron chi connectivity index (χ1n) is 6.87. The molecule has 1 unspecified atom stereocenters. The van der Waals surface area contributed by atoms with Gasteiger partial charge in [-0.2, -0.15) is 0 Å². The minimum atomic E-state index is -0.437. The Morgan fingerprint density at radius 1 is 1.62 bits per heavy atom. The number of carbonyl (C=O) groups excluding carboxylic acids is 1. The van der Waals surface area contributed by atoms with Crippen molar-refractivity contribution in [3.05, 3.63) is 22.1 Å². The highest BCUT2D eigenvalue weighted by molar-refractivity contribution is 5.81. The molecular formula is C12H20N6O3. The number of hydrogen-bond donors (Lipinski definition) is 2. The molecule has 0 saturated carbocycles. The largest absolute Gasteiger partial charge is 0.358 e. The summed E-state index contributed by atoms with van der Waals surface area (Å²) in [5, 5.41) is 16.8. The molecule has 0 spiro atoms. The summed E-state index contributed by atoms with van der Waals surface area (Å²) in [6.45, 7) is 4.87. The van der Waals surface area contributed by atoms with Crippen molar-refractivity contribution in [2.75, 3.05) is 33.2 Å². The fraction of sp³-hybridized carbons (Fsp3) is 0.667. The quantitative estimate of drug-likeness (QED) is 0.540. The van der Waals surface area contributed by atoms with Gasteiger partial charge in [0, 0.05) is 40.2 Å². The van der Waals surface area contributed by atoms with E-state index in [1.54, 1.807) is 18.5 Å². The molecule has 1 fully saturated rings. The van der Waals surface area contributed by atoms with Crippen molar-refractivity contribution >= 4 is 11.7 Å². The van der Waals surface area contributed by atoms with Crippen molar-refractivity contribution in [3.63, 3.8) is 0 Å². The number of amides is 1. The van der Waals surface area contributed by atoms with E-state index in [1.807, 2.05) is 4.90 Å². The Balaban J connectivity index is 2.06. The summed E-state index contributed by atoms with van der Waals surface area (Å²) < 4.78 is 1.57. The lowest BCUT2D eigenvalue weighted by Crippen LogP contribution is -2.57. The molecule has 1 atom stereocenters. The van der Waals surface area contributed by atoms with E-state index in [0.29, 0.717) is 25.5 Å². The summed E-state index contributed by atoms with van der Waals surface area (Å²) in [4.78, 5) is 28.4. The van der Waals surface area contributed by atoms with E-state index in [2.05, 4.69) is 15.6 Å². The summed E-state index contributed by atoms with van der Waals surface area (Å²) in [5.74, 6) is 0.548. The van der Waals surface area contributed by atoms with Crippen LogP contribution in [0.5, 0.6) is 0 Å². The standard InChI is InChI=1S/C12H20N6O3/c1-9-15-8-11(18(20)21)17(9)6-5-16-4-3-14-7-10(16)12(19)13-2/h8,10,14H,3-7H2,1-2H3,(H,13,19). The van der Waals surface area contributed by atoms with Crippen LogP contribution in [0, 0.1) is 17.0 Å². The van der Waals surface area contributed by atoms with Crippen LogP contribution in [0.3, 0.4) is 0 Å². The highest BCUT2D eigenvalue weighted by atomic mass is 16.6. The molecule has 2 N–H and O–H groups in total. The fourth-order valence-electron chi connectivity index (χ4n) is 2.55. The van der Waals surface area contributed by atoms with Crippen LogP contribution in [-0.2, 0) is 11.3 Å². The summed E-state index contributed by atoms with van der Waals surface area (Å²) in [6.07, 6.45) is 1.27. The summed E-state index contributed by atoms with van der Waals surface area (Å²) in [5.41, 5.74) is 0. The minimum absolute atomic E-state index is 0.0147. The monoisotopic (exact) mass is 296 g/mol. The van der Waals surface area contributed by atoms with Gasteiger partial charge in [0.15, 0.2) is 5.82 Å². The van der Waals surface area contributed by atoms with E-state index in [-0.39, 0.29) is 17.8 Å². The predicted octanol–water partition coefficient (Wildman–Crippen LogP) is -0.880. The van der Waals surface area contributed by atoms with Crippen molar-refractivity contribution in [2.45, 2.75) is 19.5 Å². The average Bonchev–Trinajstić information content (AvgIpc) is 2.86. The Labute approximate surface area is 122 Å². The van der Waals surface area contributed by atoms with Crippen LogP contribution in [0.4, 0.5) is 5.82 Å². The van der Waals surface area contributed by atoms with E-state index in [9.17, 15) is 14.9 Å². The zero-order valence-corrected chi connectivity index (χ0v) is 12.2. The van der Waals surface area contributed by atoms with Gasteiger partial charge in [0.2, 0.25) is 5.91 Å². The van der Waals surface area contributed by atoms with E-state index >= 15 is 0 Å². The number of nitro groups is 1. The summed E-state index contributed by atoms with van der Waals surface area (Å²) in [7, 11) is 1.61. The van der Waals surface area contributed by atoms with Gasteiger partial charge in [-0.1, -0.05) is 0 Å². The Hall–Kier alpha value is -2.00. The molecule has 1 amide bonds. The molecule has 1 aliphatic rings. The Kier molecular flexibility index (Phi) is 4.86. The lowest BCUT2D eigenvalue weighted by atomic mass is 10.2. The molecule has 0 aliphatic carbocycles. The number of imidazole rings is 1. The molecule has 2 heterocycles. The molecule has 21 heavy (non-hydrogen) atoms. The van der Waals surface area contributed by atoms with Crippen LogP contribution < -0.4 is 10.6 Å². The molecule has 1 aromatic rings. The van der Waals surface area contributed by atoms with Crippen LogP contribution in [0.25, 0.3) is 0 Å². The zero-order valence-electron chi connectivity index (χ0n) is 12.2. The minimum Gasteiger partial charge on any atom is -0.358 e. The third-order valence-corrected chi connectivity index (χ3v) is 3.74. The third kappa shape index (κ3) is 3.37. The van der Waals surface area contributed by atoms with Gasteiger partial charge in [0.05, 0.1) is 0 Å². The second-order valence-electron chi connectivity index (χ2n) is 4.94. The van der Waals surface area contributed by atoms with Crippen LogP contribution >= 0.6 is 0 Å². The number of rotatable bonds is 5. The fourth-order valence-corrected chi connectivity index (χ4v) is 2.55. The number of piperazine rings is 1. The smallest absolute Gasteiger partial charge is 0.342 e. The predicted molar refractivity (Wildman–Crippen MR) is 75.9 cm³/mol. The maximum atomic E-state index is 11.9. The maximum Gasteiger partial charge on any atom is 0.342 e. The lowest BCUT2D eigenvalue weighted by Gasteiger charge is -2.34. The second kappa shape index (κ2) is 6.64.